The van der Waals surface area contributed by atoms with Gasteiger partial charge in [-0.15, -0.1) is 12.4 Å². The van der Waals surface area contributed by atoms with E-state index in [0.717, 1.165) is 19.6 Å². The molecule has 2 aromatic carbocycles. The molecule has 0 saturated heterocycles. The van der Waals surface area contributed by atoms with Gasteiger partial charge in [0.1, 0.15) is 0 Å². The molecule has 0 aromatic heterocycles. The van der Waals surface area contributed by atoms with E-state index in [1.165, 1.54) is 5.56 Å². The van der Waals surface area contributed by atoms with Gasteiger partial charge in [0.2, 0.25) is 0 Å². The molecule has 0 spiro atoms. The predicted molar refractivity (Wildman–Crippen MR) is 112 cm³/mol. The Kier molecular flexibility index (Phi) is 9.29. The molecule has 0 fully saturated rings. The van der Waals surface area contributed by atoms with E-state index in [0.29, 0.717) is 22.6 Å². The normalized spacial score (nSPS) is 10.6. The van der Waals surface area contributed by atoms with Crippen molar-refractivity contribution in [2.75, 3.05) is 48.5 Å². The summed E-state index contributed by atoms with van der Waals surface area (Å²) in [5.41, 5.74) is 2.44. The zero-order chi connectivity index (χ0) is 19.1. The van der Waals surface area contributed by atoms with E-state index in [1.807, 2.05) is 24.3 Å². The summed E-state index contributed by atoms with van der Waals surface area (Å²) in [5.74, 6) is 1.14. The lowest BCUT2D eigenvalue weighted by molar-refractivity contribution is 0.103. The lowest BCUT2D eigenvalue weighted by Gasteiger charge is -2.19. The van der Waals surface area contributed by atoms with Gasteiger partial charge in [-0.3, -0.25) is 4.79 Å². The molecule has 0 bridgehead atoms. The average Bonchev–Trinajstić information content (AvgIpc) is 2.65. The minimum absolute atomic E-state index is 0. The van der Waals surface area contributed by atoms with Crippen molar-refractivity contribution in [2.45, 2.75) is 6.54 Å². The fourth-order valence-corrected chi connectivity index (χ4v) is 2.67. The van der Waals surface area contributed by atoms with Gasteiger partial charge in [-0.1, -0.05) is 24.3 Å². The van der Waals surface area contributed by atoms with Crippen LogP contribution in [0, 0.1) is 0 Å². The number of likely N-dealkylation sites (N-methyl/N-ethyl adjacent to an activating group) is 2. The van der Waals surface area contributed by atoms with Crippen LogP contribution in [0.2, 0.25) is 0 Å². The highest BCUT2D eigenvalue weighted by atomic mass is 35.5. The zero-order valence-electron chi connectivity index (χ0n) is 16.7. The molecule has 2 aromatic rings. The van der Waals surface area contributed by atoms with Gasteiger partial charge < -0.3 is 19.3 Å². The molecule has 0 heterocycles. The van der Waals surface area contributed by atoms with Crippen molar-refractivity contribution in [1.82, 2.24) is 9.80 Å². The highest BCUT2D eigenvalue weighted by Gasteiger charge is 2.13. The number of nitrogens with zero attached hydrogens (tertiary/aromatic N) is 2. The summed E-state index contributed by atoms with van der Waals surface area (Å²) in [6.45, 7) is 2.88. The Hall–Kier alpha value is -2.08. The summed E-state index contributed by atoms with van der Waals surface area (Å²) in [7, 11) is 9.39. The van der Waals surface area contributed by atoms with Crippen LogP contribution in [0.3, 0.4) is 0 Å². The Morgan fingerprint density at radius 2 is 1.44 bits per heavy atom. The third-order valence-corrected chi connectivity index (χ3v) is 4.24. The van der Waals surface area contributed by atoms with Crippen molar-refractivity contribution < 1.29 is 14.3 Å². The number of ether oxygens (including phenoxy) is 2. The van der Waals surface area contributed by atoms with Crippen molar-refractivity contribution in [3.05, 3.63) is 59.2 Å². The van der Waals surface area contributed by atoms with Crippen molar-refractivity contribution in [2.24, 2.45) is 0 Å². The SMILES string of the molecule is COc1ccc(C(=O)c2ccc(CN(C)CCN(C)C)cc2)cc1OC.Cl. The van der Waals surface area contributed by atoms with Crippen LogP contribution in [0.4, 0.5) is 0 Å². The van der Waals surface area contributed by atoms with Gasteiger partial charge in [0.05, 0.1) is 14.2 Å². The number of ketones is 1. The highest BCUT2D eigenvalue weighted by molar-refractivity contribution is 6.09. The van der Waals surface area contributed by atoms with E-state index >= 15 is 0 Å². The largest absolute Gasteiger partial charge is 0.493 e. The minimum atomic E-state index is -0.0292. The molecule has 0 radical (unpaired) electrons. The van der Waals surface area contributed by atoms with E-state index in [2.05, 4.69) is 30.9 Å². The summed E-state index contributed by atoms with van der Waals surface area (Å²) in [6, 6.07) is 13.0. The summed E-state index contributed by atoms with van der Waals surface area (Å²) >= 11 is 0. The highest BCUT2D eigenvalue weighted by Crippen LogP contribution is 2.28. The molecule has 0 aliphatic rings. The van der Waals surface area contributed by atoms with Gasteiger partial charge in [0, 0.05) is 30.8 Å². The van der Waals surface area contributed by atoms with Gasteiger partial charge in [-0.2, -0.15) is 0 Å². The Labute approximate surface area is 168 Å². The Morgan fingerprint density at radius 1 is 0.852 bits per heavy atom. The van der Waals surface area contributed by atoms with Crippen LogP contribution in [-0.4, -0.2) is 64.0 Å². The maximum Gasteiger partial charge on any atom is 0.193 e. The molecule has 6 heteroatoms. The molecule has 0 saturated carbocycles. The average molecular weight is 393 g/mol. The minimum Gasteiger partial charge on any atom is -0.493 e. The molecule has 0 unspecified atom stereocenters. The van der Waals surface area contributed by atoms with Gasteiger partial charge in [0.25, 0.3) is 0 Å². The lowest BCUT2D eigenvalue weighted by Crippen LogP contribution is -2.28. The molecule has 0 amide bonds. The summed E-state index contributed by atoms with van der Waals surface area (Å²) in [6.07, 6.45) is 0. The van der Waals surface area contributed by atoms with Crippen molar-refractivity contribution in [3.63, 3.8) is 0 Å². The van der Waals surface area contributed by atoms with E-state index < -0.39 is 0 Å². The smallest absolute Gasteiger partial charge is 0.193 e. The zero-order valence-corrected chi connectivity index (χ0v) is 17.5. The number of carbonyl (C=O) groups excluding carboxylic acids is 1. The van der Waals surface area contributed by atoms with Gasteiger partial charge in [0.15, 0.2) is 17.3 Å². The number of halogens is 1. The fraction of sp³-hybridized carbons (Fsp3) is 0.381. The van der Waals surface area contributed by atoms with Crippen molar-refractivity contribution in [3.8, 4) is 11.5 Å². The van der Waals surface area contributed by atoms with Crippen LogP contribution in [0.15, 0.2) is 42.5 Å². The van der Waals surface area contributed by atoms with E-state index in [-0.39, 0.29) is 18.2 Å². The molecular formula is C21H29ClN2O3. The lowest BCUT2D eigenvalue weighted by atomic mass is 10.0. The third-order valence-electron chi connectivity index (χ3n) is 4.24. The quantitative estimate of drug-likeness (QED) is 0.612. The number of rotatable bonds is 9. The molecule has 148 valence electrons. The summed E-state index contributed by atoms with van der Waals surface area (Å²) in [4.78, 5) is 17.1. The number of benzene rings is 2. The maximum atomic E-state index is 12.7. The molecule has 0 aliphatic carbocycles. The van der Waals surface area contributed by atoms with Crippen LogP contribution in [0.25, 0.3) is 0 Å². The van der Waals surface area contributed by atoms with Gasteiger partial charge in [-0.25, -0.2) is 0 Å². The summed E-state index contributed by atoms with van der Waals surface area (Å²) in [5, 5.41) is 0. The molecular weight excluding hydrogens is 364 g/mol. The number of carbonyl (C=O) groups is 1. The first-order valence-electron chi connectivity index (χ1n) is 8.63. The van der Waals surface area contributed by atoms with Gasteiger partial charge >= 0.3 is 0 Å². The fourth-order valence-electron chi connectivity index (χ4n) is 2.67. The molecule has 27 heavy (non-hydrogen) atoms. The van der Waals surface area contributed by atoms with Crippen LogP contribution in [0.1, 0.15) is 21.5 Å². The monoisotopic (exact) mass is 392 g/mol. The number of methoxy groups -OCH3 is 2. The first-order chi connectivity index (χ1) is 12.4. The summed E-state index contributed by atoms with van der Waals surface area (Å²) < 4.78 is 10.5. The Bertz CT molecular complexity index is 733. The molecule has 0 aliphatic heterocycles. The maximum absolute atomic E-state index is 12.7. The second kappa shape index (κ2) is 10.9. The topological polar surface area (TPSA) is 42.0 Å². The van der Waals surface area contributed by atoms with Crippen LogP contribution >= 0.6 is 12.4 Å². The Balaban J connectivity index is 0.00000364. The third kappa shape index (κ3) is 6.54. The first kappa shape index (κ1) is 23.0. The van der Waals surface area contributed by atoms with Crippen LogP contribution in [-0.2, 0) is 6.54 Å². The van der Waals surface area contributed by atoms with E-state index in [9.17, 15) is 4.79 Å². The standard InChI is InChI=1S/C21H28N2O3.ClH/c1-22(2)12-13-23(3)15-16-6-8-17(9-7-16)21(24)18-10-11-19(25-4)20(14-18)26-5;/h6-11,14H,12-13,15H2,1-5H3;1H. The second-order valence-electron chi connectivity index (χ2n) is 6.64. The van der Waals surface area contributed by atoms with E-state index in [4.69, 9.17) is 9.47 Å². The second-order valence-corrected chi connectivity index (χ2v) is 6.64. The number of hydrogen-bond donors (Lipinski definition) is 0. The van der Waals surface area contributed by atoms with Gasteiger partial charge in [-0.05, 0) is 44.9 Å². The number of hydrogen-bond acceptors (Lipinski definition) is 5. The van der Waals surface area contributed by atoms with Crippen LogP contribution < -0.4 is 9.47 Å². The predicted octanol–water partition coefficient (Wildman–Crippen LogP) is 3.35. The Morgan fingerprint density at radius 3 is 2.00 bits per heavy atom. The molecule has 0 N–H and O–H groups in total. The van der Waals surface area contributed by atoms with E-state index in [1.54, 1.807) is 32.4 Å². The first-order valence-corrected chi connectivity index (χ1v) is 8.63. The molecule has 0 atom stereocenters. The van der Waals surface area contributed by atoms with Crippen molar-refractivity contribution >= 4 is 18.2 Å². The van der Waals surface area contributed by atoms with Crippen molar-refractivity contribution in [1.29, 1.82) is 0 Å². The molecule has 5 nitrogen and oxygen atoms in total. The van der Waals surface area contributed by atoms with Crippen LogP contribution in [0.5, 0.6) is 11.5 Å². The molecule has 2 rings (SSSR count).